The lowest BCUT2D eigenvalue weighted by molar-refractivity contribution is -0.113. The summed E-state index contributed by atoms with van der Waals surface area (Å²) in [5.41, 5.74) is 0.939. The third-order valence-corrected chi connectivity index (χ3v) is 5.61. The number of amides is 1. The number of thioether (sulfide) groups is 2. The number of aromatic nitrogens is 2. The van der Waals surface area contributed by atoms with Crippen LogP contribution in [0, 0.1) is 11.3 Å². The van der Waals surface area contributed by atoms with Crippen molar-refractivity contribution in [2.24, 2.45) is 0 Å². The van der Waals surface area contributed by atoms with Gasteiger partial charge in [-0.05, 0) is 24.5 Å². The predicted molar refractivity (Wildman–Crippen MR) is 87.2 cm³/mol. The van der Waals surface area contributed by atoms with E-state index in [1.54, 1.807) is 18.2 Å². The first-order valence-electron chi connectivity index (χ1n) is 5.62. The maximum atomic E-state index is 11.8. The fourth-order valence-corrected chi connectivity index (χ4v) is 3.81. The molecule has 2 aromatic rings. The Morgan fingerprint density at radius 2 is 2.24 bits per heavy atom. The van der Waals surface area contributed by atoms with Gasteiger partial charge in [0, 0.05) is 5.69 Å². The second kappa shape index (κ2) is 7.66. The molecular formula is C12H9ClN4OS3. The maximum Gasteiger partial charge on any atom is 0.234 e. The molecule has 0 unspecified atom stereocenters. The smallest absolute Gasteiger partial charge is 0.234 e. The van der Waals surface area contributed by atoms with Crippen LogP contribution in [0.4, 0.5) is 5.69 Å². The summed E-state index contributed by atoms with van der Waals surface area (Å²) in [4.78, 5) is 11.8. The molecule has 108 valence electrons. The van der Waals surface area contributed by atoms with Crippen molar-refractivity contribution in [3.05, 3.63) is 28.8 Å². The van der Waals surface area contributed by atoms with Gasteiger partial charge in [0.2, 0.25) is 5.91 Å². The van der Waals surface area contributed by atoms with Crippen LogP contribution in [0.15, 0.2) is 26.9 Å². The first kappa shape index (κ1) is 16.1. The fourth-order valence-electron chi connectivity index (χ4n) is 1.35. The topological polar surface area (TPSA) is 78.7 Å². The second-order valence-corrected chi connectivity index (χ2v) is 7.34. The number of nitrogens with one attached hydrogen (secondary N) is 1. The molecule has 0 radical (unpaired) electrons. The maximum absolute atomic E-state index is 11.8. The molecule has 1 heterocycles. The van der Waals surface area contributed by atoms with Crippen LogP contribution in [-0.4, -0.2) is 28.1 Å². The number of nitrogens with zero attached hydrogens (tertiary/aromatic N) is 3. The highest BCUT2D eigenvalue weighted by molar-refractivity contribution is 8.03. The minimum atomic E-state index is -0.165. The van der Waals surface area contributed by atoms with Gasteiger partial charge in [0.25, 0.3) is 0 Å². The van der Waals surface area contributed by atoms with Crippen LogP contribution in [0.5, 0.6) is 0 Å². The molecule has 1 aromatic carbocycles. The van der Waals surface area contributed by atoms with Crippen LogP contribution in [-0.2, 0) is 4.79 Å². The summed E-state index contributed by atoms with van der Waals surface area (Å²) in [5, 5.41) is 19.8. The molecule has 5 nitrogen and oxygen atoms in total. The molecule has 0 aliphatic carbocycles. The molecule has 0 aliphatic heterocycles. The SMILES string of the molecule is CSc1nnc(SCC(=O)Nc2ccc(C#N)c(Cl)c2)s1. The molecule has 0 saturated carbocycles. The van der Waals surface area contributed by atoms with Crippen LogP contribution in [0.3, 0.4) is 0 Å². The minimum absolute atomic E-state index is 0.165. The lowest BCUT2D eigenvalue weighted by atomic mass is 10.2. The Morgan fingerprint density at radius 3 is 2.86 bits per heavy atom. The highest BCUT2D eigenvalue weighted by Crippen LogP contribution is 2.27. The summed E-state index contributed by atoms with van der Waals surface area (Å²) in [5.74, 6) is 0.0716. The van der Waals surface area contributed by atoms with E-state index in [1.165, 1.54) is 34.9 Å². The molecule has 0 fully saturated rings. The summed E-state index contributed by atoms with van der Waals surface area (Å²) in [7, 11) is 0. The average molecular weight is 357 g/mol. The van der Waals surface area contributed by atoms with E-state index in [2.05, 4.69) is 15.5 Å². The number of halogens is 1. The number of nitriles is 1. The van der Waals surface area contributed by atoms with E-state index in [1.807, 2.05) is 12.3 Å². The van der Waals surface area contributed by atoms with Crippen molar-refractivity contribution >= 4 is 58.1 Å². The lowest BCUT2D eigenvalue weighted by Crippen LogP contribution is -2.13. The zero-order valence-corrected chi connectivity index (χ0v) is 14.0. The van der Waals surface area contributed by atoms with Crippen molar-refractivity contribution in [1.82, 2.24) is 10.2 Å². The standard InChI is InChI=1S/C12H9ClN4OS3/c1-19-11-16-17-12(21-11)20-6-10(18)15-8-3-2-7(5-14)9(13)4-8/h2-4H,6H2,1H3,(H,15,18). The Labute approximate surface area is 139 Å². The fraction of sp³-hybridized carbons (Fsp3) is 0.167. The van der Waals surface area contributed by atoms with Gasteiger partial charge in [-0.25, -0.2) is 0 Å². The van der Waals surface area contributed by atoms with Gasteiger partial charge >= 0.3 is 0 Å². The van der Waals surface area contributed by atoms with Gasteiger partial charge in [-0.1, -0.05) is 46.5 Å². The van der Waals surface area contributed by atoms with Gasteiger partial charge in [-0.3, -0.25) is 4.79 Å². The number of carbonyl (C=O) groups excluding carboxylic acids is 1. The quantitative estimate of drug-likeness (QED) is 0.826. The van der Waals surface area contributed by atoms with Crippen LogP contribution in [0.1, 0.15) is 5.56 Å². The molecule has 9 heteroatoms. The van der Waals surface area contributed by atoms with Gasteiger partial charge < -0.3 is 5.32 Å². The number of hydrogen-bond donors (Lipinski definition) is 1. The van der Waals surface area contributed by atoms with Crippen molar-refractivity contribution < 1.29 is 4.79 Å². The molecule has 0 saturated heterocycles. The van der Waals surface area contributed by atoms with Crippen molar-refractivity contribution in [3.8, 4) is 6.07 Å². The monoisotopic (exact) mass is 356 g/mol. The number of carbonyl (C=O) groups is 1. The van der Waals surface area contributed by atoms with E-state index in [0.29, 0.717) is 16.3 Å². The summed E-state index contributed by atoms with van der Waals surface area (Å²) < 4.78 is 1.63. The number of hydrogen-bond acceptors (Lipinski definition) is 7. The van der Waals surface area contributed by atoms with E-state index in [4.69, 9.17) is 16.9 Å². The van der Waals surface area contributed by atoms with Crippen molar-refractivity contribution in [3.63, 3.8) is 0 Å². The Bertz CT molecular complexity index is 698. The first-order valence-corrected chi connectivity index (χ1v) is 9.02. The molecule has 1 N–H and O–H groups in total. The Kier molecular flexibility index (Phi) is 5.87. The largest absolute Gasteiger partial charge is 0.325 e. The second-order valence-electron chi connectivity index (χ2n) is 3.68. The lowest BCUT2D eigenvalue weighted by Gasteiger charge is -2.05. The Balaban J connectivity index is 1.90. The molecule has 2 rings (SSSR count). The first-order chi connectivity index (χ1) is 10.1. The van der Waals surface area contributed by atoms with E-state index in [9.17, 15) is 4.79 Å². The summed E-state index contributed by atoms with van der Waals surface area (Å²) in [6.45, 7) is 0. The van der Waals surface area contributed by atoms with Crippen LogP contribution in [0.25, 0.3) is 0 Å². The Morgan fingerprint density at radius 1 is 1.48 bits per heavy atom. The highest BCUT2D eigenvalue weighted by Gasteiger charge is 2.09. The van der Waals surface area contributed by atoms with E-state index >= 15 is 0 Å². The summed E-state index contributed by atoms with van der Waals surface area (Å²) >= 11 is 10.2. The number of anilines is 1. The van der Waals surface area contributed by atoms with Gasteiger partial charge in [-0.2, -0.15) is 5.26 Å². The molecule has 0 bridgehead atoms. The molecule has 1 aromatic heterocycles. The predicted octanol–water partition coefficient (Wildman–Crippen LogP) is 3.52. The van der Waals surface area contributed by atoms with Gasteiger partial charge in [0.15, 0.2) is 8.68 Å². The molecule has 0 spiro atoms. The molecule has 1 amide bonds. The normalized spacial score (nSPS) is 10.1. The van der Waals surface area contributed by atoms with Crippen molar-refractivity contribution in [2.75, 3.05) is 17.3 Å². The van der Waals surface area contributed by atoms with Crippen molar-refractivity contribution in [2.45, 2.75) is 8.68 Å². The highest BCUT2D eigenvalue weighted by atomic mass is 35.5. The van der Waals surface area contributed by atoms with Gasteiger partial charge in [0.1, 0.15) is 6.07 Å². The molecule has 21 heavy (non-hydrogen) atoms. The zero-order chi connectivity index (χ0) is 15.2. The van der Waals surface area contributed by atoms with Crippen LogP contribution >= 0.6 is 46.5 Å². The van der Waals surface area contributed by atoms with E-state index < -0.39 is 0 Å². The van der Waals surface area contributed by atoms with Gasteiger partial charge in [-0.15, -0.1) is 10.2 Å². The Hall–Kier alpha value is -1.27. The van der Waals surface area contributed by atoms with Crippen LogP contribution < -0.4 is 5.32 Å². The third-order valence-electron chi connectivity index (χ3n) is 2.26. The van der Waals surface area contributed by atoms with Crippen LogP contribution in [0.2, 0.25) is 5.02 Å². The zero-order valence-electron chi connectivity index (χ0n) is 10.8. The van der Waals surface area contributed by atoms with Gasteiger partial charge in [0.05, 0.1) is 16.3 Å². The molecular weight excluding hydrogens is 348 g/mol. The third kappa shape index (κ3) is 4.61. The van der Waals surface area contributed by atoms with E-state index in [-0.39, 0.29) is 11.7 Å². The number of benzene rings is 1. The van der Waals surface area contributed by atoms with E-state index in [0.717, 1.165) is 8.68 Å². The molecule has 0 atom stereocenters. The summed E-state index contributed by atoms with van der Waals surface area (Å²) in [6, 6.07) is 6.73. The minimum Gasteiger partial charge on any atom is -0.325 e. The number of rotatable bonds is 5. The summed E-state index contributed by atoms with van der Waals surface area (Å²) in [6.07, 6.45) is 1.93. The average Bonchev–Trinajstić information content (AvgIpc) is 2.93. The van der Waals surface area contributed by atoms with Crippen molar-refractivity contribution in [1.29, 1.82) is 5.26 Å². The molecule has 0 aliphatic rings.